The molecule has 8 nitrogen and oxygen atoms in total. The number of thiazole rings is 1. The third kappa shape index (κ3) is 4.87. The number of aliphatic imine (C=N–C) groups is 1. The topological polar surface area (TPSA) is 99.1 Å². The van der Waals surface area contributed by atoms with Crippen LogP contribution in [0.25, 0.3) is 11.3 Å². The number of para-hydroxylation sites is 1. The van der Waals surface area contributed by atoms with E-state index in [4.69, 9.17) is 19.2 Å². The minimum Gasteiger partial charge on any atom is -0.496 e. The zero-order valence-corrected chi connectivity index (χ0v) is 21.5. The molecule has 0 saturated heterocycles. The SMILES string of the molecule is COC(=O)C1=C(C)N=C(C)C(C(=O)OC)C1c1cccc(Nc2nc(-c3ccccc3OC)cs2)c1. The van der Waals surface area contributed by atoms with Crippen LogP contribution in [-0.2, 0) is 19.1 Å². The fourth-order valence-electron chi connectivity index (χ4n) is 4.45. The Balaban J connectivity index is 1.69. The molecule has 0 aliphatic carbocycles. The smallest absolute Gasteiger partial charge is 0.336 e. The summed E-state index contributed by atoms with van der Waals surface area (Å²) in [6.07, 6.45) is 0. The predicted molar refractivity (Wildman–Crippen MR) is 140 cm³/mol. The highest BCUT2D eigenvalue weighted by atomic mass is 32.1. The van der Waals surface area contributed by atoms with E-state index in [0.29, 0.717) is 22.1 Å². The number of rotatable bonds is 7. The lowest BCUT2D eigenvalue weighted by atomic mass is 9.75. The first-order valence-corrected chi connectivity index (χ1v) is 12.1. The molecule has 0 spiro atoms. The minimum absolute atomic E-state index is 0.336. The zero-order valence-electron chi connectivity index (χ0n) is 20.7. The Labute approximate surface area is 213 Å². The van der Waals surface area contributed by atoms with Crippen molar-refractivity contribution in [2.45, 2.75) is 19.8 Å². The first-order valence-electron chi connectivity index (χ1n) is 11.3. The fourth-order valence-corrected chi connectivity index (χ4v) is 5.18. The molecular weight excluding hydrogens is 478 g/mol. The molecule has 0 radical (unpaired) electrons. The number of aromatic nitrogens is 1. The van der Waals surface area contributed by atoms with E-state index in [-0.39, 0.29) is 0 Å². The molecule has 2 unspecified atom stereocenters. The first kappa shape index (κ1) is 25.1. The quantitative estimate of drug-likeness (QED) is 0.432. The monoisotopic (exact) mass is 505 g/mol. The van der Waals surface area contributed by atoms with Crippen molar-refractivity contribution in [3.05, 3.63) is 70.7 Å². The average molecular weight is 506 g/mol. The highest BCUT2D eigenvalue weighted by Gasteiger charge is 2.42. The van der Waals surface area contributed by atoms with Gasteiger partial charge in [0.2, 0.25) is 0 Å². The molecule has 0 saturated carbocycles. The lowest BCUT2D eigenvalue weighted by molar-refractivity contribution is -0.143. The number of benzene rings is 2. The number of anilines is 2. The van der Waals surface area contributed by atoms with Crippen molar-refractivity contribution in [1.29, 1.82) is 0 Å². The van der Waals surface area contributed by atoms with E-state index in [0.717, 1.165) is 28.3 Å². The van der Waals surface area contributed by atoms with Gasteiger partial charge < -0.3 is 19.5 Å². The maximum Gasteiger partial charge on any atom is 0.336 e. The lowest BCUT2D eigenvalue weighted by Gasteiger charge is -2.31. The van der Waals surface area contributed by atoms with Crippen LogP contribution >= 0.6 is 11.3 Å². The summed E-state index contributed by atoms with van der Waals surface area (Å²) in [6, 6.07) is 15.3. The molecule has 1 N–H and O–H groups in total. The van der Waals surface area contributed by atoms with E-state index in [1.54, 1.807) is 21.0 Å². The van der Waals surface area contributed by atoms with E-state index < -0.39 is 23.8 Å². The van der Waals surface area contributed by atoms with E-state index in [2.05, 4.69) is 10.3 Å². The molecule has 0 fully saturated rings. The molecule has 2 heterocycles. The second-order valence-electron chi connectivity index (χ2n) is 8.21. The lowest BCUT2D eigenvalue weighted by Crippen LogP contribution is -2.36. The summed E-state index contributed by atoms with van der Waals surface area (Å²) >= 11 is 1.46. The standard InChI is InChI=1S/C27H27N3O5S/c1-15-22(25(31)34-4)24(23(16(2)28-15)26(32)35-5)17-9-8-10-18(13-17)29-27-30-20(14-36-27)19-11-6-7-12-21(19)33-3/h6-14,22,24H,1-5H3,(H,29,30). The normalized spacial score (nSPS) is 17.3. The van der Waals surface area contributed by atoms with Crippen LogP contribution in [0, 0.1) is 5.92 Å². The second-order valence-corrected chi connectivity index (χ2v) is 9.07. The van der Waals surface area contributed by atoms with Crippen LogP contribution in [0.5, 0.6) is 5.75 Å². The minimum atomic E-state index is -0.750. The number of nitrogens with zero attached hydrogens (tertiary/aromatic N) is 2. The van der Waals surface area contributed by atoms with Gasteiger partial charge in [-0.2, -0.15) is 0 Å². The second kappa shape index (κ2) is 10.7. The number of esters is 2. The van der Waals surface area contributed by atoms with Gasteiger partial charge >= 0.3 is 11.9 Å². The van der Waals surface area contributed by atoms with Gasteiger partial charge in [0.25, 0.3) is 0 Å². The van der Waals surface area contributed by atoms with Gasteiger partial charge in [-0.15, -0.1) is 11.3 Å². The van der Waals surface area contributed by atoms with E-state index in [1.165, 1.54) is 25.6 Å². The highest BCUT2D eigenvalue weighted by molar-refractivity contribution is 7.14. The van der Waals surface area contributed by atoms with Crippen LogP contribution in [0.1, 0.15) is 25.3 Å². The van der Waals surface area contributed by atoms with Crippen LogP contribution in [0.15, 0.2) is 70.2 Å². The number of hydrogen-bond donors (Lipinski definition) is 1. The third-order valence-corrected chi connectivity index (χ3v) is 6.83. The van der Waals surface area contributed by atoms with Crippen molar-refractivity contribution in [3.8, 4) is 17.0 Å². The Morgan fingerprint density at radius 2 is 1.78 bits per heavy atom. The van der Waals surface area contributed by atoms with Crippen LogP contribution in [0.3, 0.4) is 0 Å². The molecule has 1 aromatic heterocycles. The zero-order chi connectivity index (χ0) is 25.8. The number of hydrogen-bond acceptors (Lipinski definition) is 9. The van der Waals surface area contributed by atoms with Crippen LogP contribution in [0.4, 0.5) is 10.8 Å². The van der Waals surface area contributed by atoms with Crippen LogP contribution < -0.4 is 10.1 Å². The molecule has 2 aromatic carbocycles. The fraction of sp³-hybridized carbons (Fsp3) is 0.259. The van der Waals surface area contributed by atoms with E-state index in [1.807, 2.05) is 53.9 Å². The number of allylic oxidation sites excluding steroid dienone is 1. The molecule has 0 bridgehead atoms. The summed E-state index contributed by atoms with van der Waals surface area (Å²) in [5, 5.41) is 5.99. The Hall–Kier alpha value is -3.98. The maximum atomic E-state index is 12.8. The van der Waals surface area contributed by atoms with Gasteiger partial charge in [0.05, 0.1) is 32.6 Å². The van der Waals surface area contributed by atoms with Gasteiger partial charge in [-0.05, 0) is 43.7 Å². The molecule has 186 valence electrons. The Bertz CT molecular complexity index is 1360. The molecular formula is C27H27N3O5S. The number of methoxy groups -OCH3 is 3. The number of carbonyl (C=O) groups excluding carboxylic acids is 2. The highest BCUT2D eigenvalue weighted by Crippen LogP contribution is 2.41. The average Bonchev–Trinajstić information content (AvgIpc) is 3.35. The van der Waals surface area contributed by atoms with Crippen molar-refractivity contribution >= 4 is 39.8 Å². The third-order valence-electron chi connectivity index (χ3n) is 6.07. The molecule has 0 amide bonds. The van der Waals surface area contributed by atoms with E-state index in [9.17, 15) is 9.59 Å². The number of nitrogens with one attached hydrogen (secondary N) is 1. The van der Waals surface area contributed by atoms with Gasteiger partial charge in [-0.3, -0.25) is 9.79 Å². The molecule has 9 heteroatoms. The van der Waals surface area contributed by atoms with Gasteiger partial charge in [-0.1, -0.05) is 24.3 Å². The first-order chi connectivity index (χ1) is 17.4. The maximum absolute atomic E-state index is 12.8. The van der Waals surface area contributed by atoms with Crippen molar-refractivity contribution in [1.82, 2.24) is 4.98 Å². The summed E-state index contributed by atoms with van der Waals surface area (Å²) in [5.74, 6) is -1.60. The van der Waals surface area contributed by atoms with Crippen molar-refractivity contribution in [2.75, 3.05) is 26.6 Å². The summed E-state index contributed by atoms with van der Waals surface area (Å²) < 4.78 is 15.6. The van der Waals surface area contributed by atoms with Crippen LogP contribution in [-0.4, -0.2) is 44.0 Å². The summed E-state index contributed by atoms with van der Waals surface area (Å²) in [5.41, 5.74) is 4.65. The molecule has 4 rings (SSSR count). The molecule has 2 atom stereocenters. The largest absolute Gasteiger partial charge is 0.496 e. The van der Waals surface area contributed by atoms with Gasteiger partial charge in [0.15, 0.2) is 5.13 Å². The van der Waals surface area contributed by atoms with Crippen molar-refractivity contribution < 1.29 is 23.8 Å². The summed E-state index contributed by atoms with van der Waals surface area (Å²) in [7, 11) is 4.28. The summed E-state index contributed by atoms with van der Waals surface area (Å²) in [4.78, 5) is 34.7. The van der Waals surface area contributed by atoms with Gasteiger partial charge in [-0.25, -0.2) is 9.78 Å². The Morgan fingerprint density at radius 1 is 1.00 bits per heavy atom. The Morgan fingerprint density at radius 3 is 2.50 bits per heavy atom. The van der Waals surface area contributed by atoms with Crippen LogP contribution in [0.2, 0.25) is 0 Å². The molecule has 3 aromatic rings. The predicted octanol–water partition coefficient (Wildman–Crippen LogP) is 5.36. The molecule has 36 heavy (non-hydrogen) atoms. The molecule has 1 aliphatic rings. The van der Waals surface area contributed by atoms with Gasteiger partial charge in [0, 0.05) is 34.0 Å². The summed E-state index contributed by atoms with van der Waals surface area (Å²) in [6.45, 7) is 3.51. The van der Waals surface area contributed by atoms with Crippen molar-refractivity contribution in [2.24, 2.45) is 10.9 Å². The number of carbonyl (C=O) groups is 2. The van der Waals surface area contributed by atoms with E-state index >= 15 is 0 Å². The number of ether oxygens (including phenoxy) is 3. The van der Waals surface area contributed by atoms with Crippen molar-refractivity contribution in [3.63, 3.8) is 0 Å². The van der Waals surface area contributed by atoms with Gasteiger partial charge in [0.1, 0.15) is 11.7 Å². The Kier molecular flexibility index (Phi) is 7.49. The molecule has 1 aliphatic heterocycles.